The van der Waals surface area contributed by atoms with Gasteiger partial charge in [-0.05, 0) is 51.6 Å². The number of amides is 1. The summed E-state index contributed by atoms with van der Waals surface area (Å²) in [4.78, 5) is 21.5. The minimum absolute atomic E-state index is 0.143. The average Bonchev–Trinajstić information content (AvgIpc) is 3.01. The predicted molar refractivity (Wildman–Crippen MR) is 98.6 cm³/mol. The molecule has 2 heterocycles. The van der Waals surface area contributed by atoms with Gasteiger partial charge in [-0.3, -0.25) is 4.79 Å². The van der Waals surface area contributed by atoms with Gasteiger partial charge in [0.1, 0.15) is 0 Å². The van der Waals surface area contributed by atoms with Gasteiger partial charge in [0.2, 0.25) is 0 Å². The van der Waals surface area contributed by atoms with Crippen LogP contribution in [-0.2, 0) is 6.54 Å². The Morgan fingerprint density at radius 2 is 2.08 bits per heavy atom. The molecule has 24 heavy (non-hydrogen) atoms. The number of carbonyl (C=O) groups is 1. The molecule has 0 spiro atoms. The normalized spacial score (nSPS) is 18.2. The third kappa shape index (κ3) is 4.02. The van der Waals surface area contributed by atoms with Crippen molar-refractivity contribution in [3.8, 4) is 0 Å². The van der Waals surface area contributed by atoms with Crippen LogP contribution in [0.25, 0.3) is 0 Å². The van der Waals surface area contributed by atoms with Crippen molar-refractivity contribution < 1.29 is 4.79 Å². The monoisotopic (exact) mass is 343 g/mol. The molecule has 1 aliphatic rings. The fraction of sp³-hybridized carbons (Fsp3) is 0.474. The summed E-state index contributed by atoms with van der Waals surface area (Å²) in [6.45, 7) is 4.55. The summed E-state index contributed by atoms with van der Waals surface area (Å²) in [6, 6.07) is 8.02. The van der Waals surface area contributed by atoms with Gasteiger partial charge >= 0.3 is 0 Å². The van der Waals surface area contributed by atoms with Crippen molar-refractivity contribution in [2.45, 2.75) is 32.2 Å². The molecule has 0 N–H and O–H groups in total. The molecule has 1 aliphatic heterocycles. The van der Waals surface area contributed by atoms with Crippen LogP contribution in [0.1, 0.15) is 45.4 Å². The van der Waals surface area contributed by atoms with E-state index in [9.17, 15) is 4.79 Å². The second-order valence-corrected chi connectivity index (χ2v) is 7.74. The Bertz CT molecular complexity index is 693. The summed E-state index contributed by atoms with van der Waals surface area (Å²) in [7, 11) is 4.10. The zero-order chi connectivity index (χ0) is 17.1. The van der Waals surface area contributed by atoms with Crippen LogP contribution in [0, 0.1) is 6.92 Å². The van der Waals surface area contributed by atoms with E-state index in [1.54, 1.807) is 11.3 Å². The lowest BCUT2D eigenvalue weighted by Crippen LogP contribution is -2.39. The molecule has 1 aromatic heterocycles. The molecule has 0 radical (unpaired) electrons. The number of hydrogen-bond donors (Lipinski definition) is 0. The van der Waals surface area contributed by atoms with E-state index in [-0.39, 0.29) is 5.91 Å². The van der Waals surface area contributed by atoms with Crippen LogP contribution in [-0.4, -0.2) is 47.9 Å². The summed E-state index contributed by atoms with van der Waals surface area (Å²) in [5.41, 5.74) is 3.09. The molecule has 0 saturated carbocycles. The molecule has 0 bridgehead atoms. The van der Waals surface area contributed by atoms with E-state index in [0.29, 0.717) is 5.92 Å². The highest BCUT2D eigenvalue weighted by Crippen LogP contribution is 2.29. The first-order valence-electron chi connectivity index (χ1n) is 8.48. The Balaban J connectivity index is 1.67. The van der Waals surface area contributed by atoms with Crippen LogP contribution in [0.15, 0.2) is 29.6 Å². The van der Waals surface area contributed by atoms with Crippen LogP contribution >= 0.6 is 11.3 Å². The number of thiazole rings is 1. The number of benzene rings is 1. The molecule has 5 heteroatoms. The third-order valence-corrected chi connectivity index (χ3v) is 5.52. The highest BCUT2D eigenvalue weighted by molar-refractivity contribution is 7.09. The predicted octanol–water partition coefficient (Wildman–Crippen LogP) is 3.53. The second-order valence-electron chi connectivity index (χ2n) is 6.85. The number of aryl methyl sites for hydroxylation is 1. The maximum Gasteiger partial charge on any atom is 0.253 e. The molecule has 128 valence electrons. The fourth-order valence-electron chi connectivity index (χ4n) is 3.22. The maximum atomic E-state index is 12.8. The Labute approximate surface area is 148 Å². The SMILES string of the molecule is Cc1csc([C@@H]2CCCN(C(=O)c3ccc(CN(C)C)cc3)C2)n1. The molecule has 1 atom stereocenters. The second kappa shape index (κ2) is 7.45. The van der Waals surface area contributed by atoms with Gasteiger partial charge in [0.15, 0.2) is 0 Å². The summed E-state index contributed by atoms with van der Waals surface area (Å²) in [5, 5.41) is 3.27. The lowest BCUT2D eigenvalue weighted by Gasteiger charge is -2.32. The third-order valence-electron chi connectivity index (χ3n) is 4.39. The van der Waals surface area contributed by atoms with E-state index in [0.717, 1.165) is 43.7 Å². The lowest BCUT2D eigenvalue weighted by atomic mass is 9.98. The summed E-state index contributed by atoms with van der Waals surface area (Å²) < 4.78 is 0. The van der Waals surface area contributed by atoms with Crippen molar-refractivity contribution in [2.75, 3.05) is 27.2 Å². The van der Waals surface area contributed by atoms with Gasteiger partial charge in [-0.15, -0.1) is 11.3 Å². The first kappa shape index (κ1) is 17.1. The summed E-state index contributed by atoms with van der Waals surface area (Å²) >= 11 is 1.72. The highest BCUT2D eigenvalue weighted by atomic mass is 32.1. The van der Waals surface area contributed by atoms with E-state index >= 15 is 0 Å². The molecule has 0 unspecified atom stereocenters. The number of carbonyl (C=O) groups excluding carboxylic acids is 1. The number of rotatable bonds is 4. The van der Waals surface area contributed by atoms with Gasteiger partial charge in [0.25, 0.3) is 5.91 Å². The zero-order valence-electron chi connectivity index (χ0n) is 14.7. The minimum Gasteiger partial charge on any atom is -0.338 e. The first-order valence-corrected chi connectivity index (χ1v) is 9.36. The number of likely N-dealkylation sites (tertiary alicyclic amines) is 1. The zero-order valence-corrected chi connectivity index (χ0v) is 15.5. The maximum absolute atomic E-state index is 12.8. The summed E-state index contributed by atoms with van der Waals surface area (Å²) in [6.07, 6.45) is 2.17. The topological polar surface area (TPSA) is 36.4 Å². The molecule has 2 aromatic rings. The van der Waals surface area contributed by atoms with Gasteiger partial charge < -0.3 is 9.80 Å². The molecule has 1 amide bonds. The van der Waals surface area contributed by atoms with Gasteiger partial charge in [-0.1, -0.05) is 12.1 Å². The van der Waals surface area contributed by atoms with Crippen LogP contribution in [0.3, 0.4) is 0 Å². The molecule has 1 fully saturated rings. The van der Waals surface area contributed by atoms with Crippen LogP contribution in [0.2, 0.25) is 0 Å². The van der Waals surface area contributed by atoms with Crippen LogP contribution in [0.4, 0.5) is 0 Å². The Morgan fingerprint density at radius 3 is 2.71 bits per heavy atom. The van der Waals surface area contributed by atoms with E-state index in [1.165, 1.54) is 10.6 Å². The highest BCUT2D eigenvalue weighted by Gasteiger charge is 2.27. The fourth-order valence-corrected chi connectivity index (χ4v) is 4.15. The number of hydrogen-bond acceptors (Lipinski definition) is 4. The van der Waals surface area contributed by atoms with E-state index < -0.39 is 0 Å². The average molecular weight is 343 g/mol. The minimum atomic E-state index is 0.143. The Morgan fingerprint density at radius 1 is 1.33 bits per heavy atom. The van der Waals surface area contributed by atoms with E-state index in [4.69, 9.17) is 0 Å². The smallest absolute Gasteiger partial charge is 0.253 e. The van der Waals surface area contributed by atoms with Crippen molar-refractivity contribution >= 4 is 17.2 Å². The van der Waals surface area contributed by atoms with Crippen LogP contribution < -0.4 is 0 Å². The number of aromatic nitrogens is 1. The van der Waals surface area contributed by atoms with Gasteiger partial charge in [-0.25, -0.2) is 4.98 Å². The number of piperidine rings is 1. The van der Waals surface area contributed by atoms with Gasteiger partial charge in [-0.2, -0.15) is 0 Å². The van der Waals surface area contributed by atoms with Crippen molar-refractivity contribution in [2.24, 2.45) is 0 Å². The molecule has 0 aliphatic carbocycles. The number of nitrogens with zero attached hydrogens (tertiary/aromatic N) is 3. The van der Waals surface area contributed by atoms with Crippen LogP contribution in [0.5, 0.6) is 0 Å². The molecular weight excluding hydrogens is 318 g/mol. The molecule has 1 saturated heterocycles. The lowest BCUT2D eigenvalue weighted by molar-refractivity contribution is 0.0707. The standard InChI is InChI=1S/C19H25N3OS/c1-14-13-24-18(20-14)17-5-4-10-22(12-17)19(23)16-8-6-15(7-9-16)11-21(2)3/h6-9,13,17H,4-5,10-12H2,1-3H3/t17-/m1/s1. The van der Waals surface area contributed by atoms with Crippen molar-refractivity contribution in [3.05, 3.63) is 51.5 Å². The molecule has 1 aromatic carbocycles. The van der Waals surface area contributed by atoms with E-state index in [1.807, 2.05) is 38.1 Å². The van der Waals surface area contributed by atoms with Gasteiger partial charge in [0, 0.05) is 42.2 Å². The van der Waals surface area contributed by atoms with Gasteiger partial charge in [0.05, 0.1) is 5.01 Å². The molecule has 3 rings (SSSR count). The summed E-state index contributed by atoms with van der Waals surface area (Å²) in [5.74, 6) is 0.527. The largest absolute Gasteiger partial charge is 0.338 e. The van der Waals surface area contributed by atoms with Crippen molar-refractivity contribution in [3.63, 3.8) is 0 Å². The van der Waals surface area contributed by atoms with Crippen molar-refractivity contribution in [1.29, 1.82) is 0 Å². The Hall–Kier alpha value is -1.72. The molecule has 4 nitrogen and oxygen atoms in total. The Kier molecular flexibility index (Phi) is 5.31. The van der Waals surface area contributed by atoms with E-state index in [2.05, 4.69) is 27.4 Å². The molecular formula is C19H25N3OS. The first-order chi connectivity index (χ1) is 11.5. The quantitative estimate of drug-likeness (QED) is 0.852. The van der Waals surface area contributed by atoms with Crippen molar-refractivity contribution in [1.82, 2.24) is 14.8 Å².